The Morgan fingerprint density at radius 3 is 1.91 bits per heavy atom. The number of nitrogens with zero attached hydrogens (tertiary/aromatic N) is 1. The van der Waals surface area contributed by atoms with Gasteiger partial charge in [0.05, 0.1) is 11.1 Å². The number of carbonyl (C=O) groups excluding carboxylic acids is 3. The summed E-state index contributed by atoms with van der Waals surface area (Å²) in [6, 6.07) is 7.64. The maximum atomic E-state index is 12.2. The van der Waals surface area contributed by atoms with E-state index in [2.05, 4.69) is 5.32 Å². The number of nitrogens with one attached hydrogen (secondary N) is 1. The summed E-state index contributed by atoms with van der Waals surface area (Å²) < 4.78 is 28.1. The maximum absolute atomic E-state index is 12.2. The first-order valence-corrected chi connectivity index (χ1v) is 18.2. The molecule has 1 aliphatic heterocycles. The van der Waals surface area contributed by atoms with E-state index in [1.165, 1.54) is 17.0 Å². The van der Waals surface area contributed by atoms with E-state index in [9.17, 15) is 19.2 Å². The van der Waals surface area contributed by atoms with Gasteiger partial charge in [-0.25, -0.2) is 4.79 Å². The van der Waals surface area contributed by atoms with Crippen LogP contribution in [0.3, 0.4) is 0 Å². The van der Waals surface area contributed by atoms with Crippen molar-refractivity contribution in [1.29, 1.82) is 0 Å². The molecule has 2 N–H and O–H groups in total. The zero-order valence-electron chi connectivity index (χ0n) is 26.1. The highest BCUT2D eigenvalue weighted by atomic mass is 28.4. The molecule has 2 radical (unpaired) electrons. The third-order valence-corrected chi connectivity index (χ3v) is 10.6. The largest absolute Gasteiger partial charge is 0.500 e. The highest BCUT2D eigenvalue weighted by molar-refractivity contribution is 6.60. The molecular formula is C29H48N2O10Si2. The smallest absolute Gasteiger partial charge is 0.478 e. The van der Waals surface area contributed by atoms with Crippen LogP contribution in [0.1, 0.15) is 81.0 Å². The van der Waals surface area contributed by atoms with Crippen molar-refractivity contribution in [2.45, 2.75) is 78.3 Å². The second-order valence-corrected chi connectivity index (χ2v) is 13.3. The lowest BCUT2D eigenvalue weighted by Gasteiger charge is -2.28. The first-order chi connectivity index (χ1) is 20.7. The van der Waals surface area contributed by atoms with Crippen LogP contribution in [-0.2, 0) is 32.3 Å². The monoisotopic (exact) mass is 640 g/mol. The molecule has 43 heavy (non-hydrogen) atoms. The van der Waals surface area contributed by atoms with Crippen LogP contribution in [-0.4, -0.2) is 104 Å². The number of carboxylic acid groups (broad SMARTS) is 1. The third-order valence-electron chi connectivity index (χ3n) is 6.10. The Morgan fingerprint density at radius 1 is 0.884 bits per heavy atom. The predicted molar refractivity (Wildman–Crippen MR) is 164 cm³/mol. The zero-order chi connectivity index (χ0) is 32.1. The van der Waals surface area contributed by atoms with Crippen molar-refractivity contribution >= 4 is 42.0 Å². The van der Waals surface area contributed by atoms with Gasteiger partial charge in [-0.15, -0.1) is 0 Å². The van der Waals surface area contributed by atoms with Crippen molar-refractivity contribution in [3.8, 4) is 0 Å². The lowest BCUT2D eigenvalue weighted by Crippen LogP contribution is -2.46. The standard InChI is InChI=1S/C17H27NO6Si.C12H21NO4Si/c1-4-22-25(23-5-2,24-6-3)13-9-12-18-16(19)14-10-7-8-11-15(14)17(20)21;1-3-16-12(17-4-2)18-9-5-8-13-10(14)6-7-11(13)15/h7-8,10-11H,4-6,9,12-13H2,1-3H3,(H,18,19)(H,20,21);12H,3-9H2,1-2H3. The highest BCUT2D eigenvalue weighted by Crippen LogP contribution is 2.18. The van der Waals surface area contributed by atoms with E-state index < -0.39 is 20.7 Å². The molecule has 1 saturated heterocycles. The summed E-state index contributed by atoms with van der Waals surface area (Å²) in [6.45, 7) is 13.3. The summed E-state index contributed by atoms with van der Waals surface area (Å²) in [5, 5.41) is 11.9. The number of amides is 3. The van der Waals surface area contributed by atoms with E-state index in [0.29, 0.717) is 81.0 Å². The first kappa shape index (κ1) is 38.6. The fourth-order valence-corrected chi connectivity index (χ4v) is 8.05. The molecule has 0 bridgehead atoms. The van der Waals surface area contributed by atoms with Crippen LogP contribution in [0.5, 0.6) is 0 Å². The highest BCUT2D eigenvalue weighted by Gasteiger charge is 2.39. The third kappa shape index (κ3) is 14.2. The number of hydrogen-bond acceptors (Lipinski definition) is 9. The molecule has 1 aromatic rings. The summed E-state index contributed by atoms with van der Waals surface area (Å²) in [4.78, 5) is 47.5. The number of hydrogen-bond donors (Lipinski definition) is 2. The van der Waals surface area contributed by atoms with Crippen LogP contribution in [0.25, 0.3) is 0 Å². The molecule has 2 rings (SSSR count). The zero-order valence-corrected chi connectivity index (χ0v) is 28.1. The number of carboxylic acids is 1. The lowest BCUT2D eigenvalue weighted by atomic mass is 10.1. The van der Waals surface area contributed by atoms with E-state index in [1.807, 2.05) is 34.6 Å². The number of benzene rings is 1. The van der Waals surface area contributed by atoms with Crippen molar-refractivity contribution in [2.24, 2.45) is 0 Å². The Kier molecular flexibility index (Phi) is 19.8. The second-order valence-electron chi connectivity index (χ2n) is 9.18. The number of aromatic carboxylic acids is 1. The molecule has 12 nitrogen and oxygen atoms in total. The molecule has 0 atom stereocenters. The molecule has 0 unspecified atom stereocenters. The Hall–Kier alpha value is -2.47. The van der Waals surface area contributed by atoms with Crippen molar-refractivity contribution in [2.75, 3.05) is 46.1 Å². The topological polar surface area (TPSA) is 150 Å². The molecular weight excluding hydrogens is 592 g/mol. The molecule has 1 fully saturated rings. The van der Waals surface area contributed by atoms with Crippen LogP contribution in [0.2, 0.25) is 12.1 Å². The summed E-state index contributed by atoms with van der Waals surface area (Å²) in [6.07, 6.45) is 2.20. The van der Waals surface area contributed by atoms with Gasteiger partial charge in [-0.3, -0.25) is 19.3 Å². The predicted octanol–water partition coefficient (Wildman–Crippen LogP) is 3.56. The minimum atomic E-state index is -2.72. The Morgan fingerprint density at radius 2 is 1.42 bits per heavy atom. The van der Waals surface area contributed by atoms with Gasteiger partial charge in [-0.2, -0.15) is 0 Å². The molecule has 0 saturated carbocycles. The SMILES string of the molecule is CCOC(OCC)[Si]CCCN1C(=O)CCC1=O.CCO[Si](CCCNC(=O)c1ccccc1C(=O)O)(OCC)OCC. The van der Waals surface area contributed by atoms with Gasteiger partial charge in [-0.1, -0.05) is 18.2 Å². The van der Waals surface area contributed by atoms with E-state index >= 15 is 0 Å². The molecule has 0 spiro atoms. The van der Waals surface area contributed by atoms with Gasteiger partial charge in [-0.05, 0) is 59.6 Å². The molecule has 0 aliphatic carbocycles. The molecule has 3 amide bonds. The van der Waals surface area contributed by atoms with E-state index in [0.717, 1.165) is 12.5 Å². The number of rotatable bonds is 21. The summed E-state index contributed by atoms with van der Waals surface area (Å²) in [5.41, 5.74) is 0.139. The van der Waals surface area contributed by atoms with Crippen molar-refractivity contribution < 1.29 is 47.0 Å². The second kappa shape index (κ2) is 22.1. The lowest BCUT2D eigenvalue weighted by molar-refractivity contribution is -0.138. The number of carbonyl (C=O) groups is 4. The van der Waals surface area contributed by atoms with Gasteiger partial charge in [0.2, 0.25) is 11.8 Å². The van der Waals surface area contributed by atoms with Crippen molar-refractivity contribution in [3.05, 3.63) is 35.4 Å². The van der Waals surface area contributed by atoms with E-state index in [1.54, 1.807) is 12.1 Å². The summed E-state index contributed by atoms with van der Waals surface area (Å²) >= 11 is 0. The molecule has 14 heteroatoms. The summed E-state index contributed by atoms with van der Waals surface area (Å²) in [7, 11) is -2.17. The molecule has 0 aromatic heterocycles. The van der Waals surface area contributed by atoms with Crippen LogP contribution >= 0.6 is 0 Å². The molecule has 1 heterocycles. The average Bonchev–Trinajstić information content (AvgIpc) is 3.30. The molecule has 1 aromatic carbocycles. The minimum Gasteiger partial charge on any atom is -0.478 e. The van der Waals surface area contributed by atoms with Gasteiger partial charge in [0.25, 0.3) is 5.91 Å². The van der Waals surface area contributed by atoms with Crippen molar-refractivity contribution in [1.82, 2.24) is 10.2 Å². The molecule has 1 aliphatic rings. The van der Waals surface area contributed by atoms with Gasteiger partial charge in [0, 0.05) is 65.0 Å². The molecule has 242 valence electrons. The number of ether oxygens (including phenoxy) is 2. The number of imide groups is 1. The maximum Gasteiger partial charge on any atom is 0.500 e. The van der Waals surface area contributed by atoms with Crippen molar-refractivity contribution in [3.63, 3.8) is 0 Å². The van der Waals surface area contributed by atoms with Crippen LogP contribution in [0.15, 0.2) is 24.3 Å². The number of likely N-dealkylation sites (tertiary alicyclic amines) is 1. The van der Waals surface area contributed by atoms with Gasteiger partial charge >= 0.3 is 14.8 Å². The Bertz CT molecular complexity index is 959. The summed E-state index contributed by atoms with van der Waals surface area (Å²) in [5.74, 6) is -1.73. The quantitative estimate of drug-likeness (QED) is 0.0884. The minimum absolute atomic E-state index is 0.0123. The van der Waals surface area contributed by atoms with Crippen LogP contribution < -0.4 is 5.32 Å². The van der Waals surface area contributed by atoms with Crippen LogP contribution in [0, 0.1) is 0 Å². The van der Waals surface area contributed by atoms with Gasteiger partial charge in [0.1, 0.15) is 15.4 Å². The first-order valence-electron chi connectivity index (χ1n) is 15.0. The van der Waals surface area contributed by atoms with Gasteiger partial charge < -0.3 is 33.2 Å². The van der Waals surface area contributed by atoms with Gasteiger partial charge in [0.15, 0.2) is 0 Å². The average molecular weight is 641 g/mol. The fourth-order valence-electron chi connectivity index (χ4n) is 4.27. The Balaban J connectivity index is 0.000000453. The van der Waals surface area contributed by atoms with Crippen LogP contribution in [0.4, 0.5) is 0 Å². The normalized spacial score (nSPS) is 13.3. The van der Waals surface area contributed by atoms with E-state index in [-0.39, 0.29) is 28.9 Å². The van der Waals surface area contributed by atoms with E-state index in [4.69, 9.17) is 27.9 Å². The Labute approximate surface area is 258 Å². The fraction of sp³-hybridized carbons (Fsp3) is 0.655.